The number of rotatable bonds is 5. The Morgan fingerprint density at radius 2 is 2.05 bits per heavy atom. The van der Waals surface area contributed by atoms with Gasteiger partial charge in [-0.3, -0.25) is 0 Å². The second-order valence-electron chi connectivity index (χ2n) is 4.23. The first-order valence-electron chi connectivity index (χ1n) is 6.21. The van der Waals surface area contributed by atoms with Crippen molar-refractivity contribution in [1.82, 2.24) is 10.2 Å². The molecular weight excluding hydrogens is 271 g/mol. The number of hydrogen-bond acceptors (Lipinski definition) is 4. The number of aryl methyl sites for hydroxylation is 1. The largest absolute Gasteiger partial charge is 0.416 e. The maximum absolute atomic E-state index is 12.5. The molecule has 2 aromatic rings. The van der Waals surface area contributed by atoms with Crippen molar-refractivity contribution in [2.75, 3.05) is 11.9 Å². The minimum Gasteiger partial charge on any atom is -0.408 e. The number of aromatic nitrogens is 2. The second kappa shape index (κ2) is 5.94. The third-order valence-electron chi connectivity index (χ3n) is 2.71. The van der Waals surface area contributed by atoms with E-state index in [9.17, 15) is 13.2 Å². The molecule has 0 bridgehead atoms. The fourth-order valence-electron chi connectivity index (χ4n) is 1.68. The van der Waals surface area contributed by atoms with Crippen molar-refractivity contribution in [2.24, 2.45) is 0 Å². The molecule has 0 aliphatic rings. The average Bonchev–Trinajstić information content (AvgIpc) is 2.86. The minimum absolute atomic E-state index is 0.286. The first-order valence-corrected chi connectivity index (χ1v) is 6.21. The van der Waals surface area contributed by atoms with Crippen molar-refractivity contribution in [2.45, 2.75) is 25.9 Å². The number of anilines is 1. The van der Waals surface area contributed by atoms with Crippen LogP contribution in [0.5, 0.6) is 0 Å². The van der Waals surface area contributed by atoms with Crippen molar-refractivity contribution in [3.63, 3.8) is 0 Å². The third kappa shape index (κ3) is 3.72. The van der Waals surface area contributed by atoms with Gasteiger partial charge < -0.3 is 9.73 Å². The normalized spacial score (nSPS) is 11.6. The van der Waals surface area contributed by atoms with Gasteiger partial charge in [-0.15, -0.1) is 5.10 Å². The number of halogens is 3. The summed E-state index contributed by atoms with van der Waals surface area (Å²) in [5, 5.41) is 10.4. The van der Waals surface area contributed by atoms with E-state index in [1.54, 1.807) is 6.07 Å². The van der Waals surface area contributed by atoms with Crippen LogP contribution < -0.4 is 5.32 Å². The molecule has 0 amide bonds. The van der Waals surface area contributed by atoms with E-state index in [-0.39, 0.29) is 6.01 Å². The van der Waals surface area contributed by atoms with Gasteiger partial charge in [-0.1, -0.05) is 30.2 Å². The predicted octanol–water partition coefficient (Wildman–Crippen LogP) is 3.31. The van der Waals surface area contributed by atoms with E-state index < -0.39 is 11.7 Å². The number of hydrogen-bond donors (Lipinski definition) is 1. The molecule has 7 heteroatoms. The van der Waals surface area contributed by atoms with Gasteiger partial charge >= 0.3 is 12.2 Å². The van der Waals surface area contributed by atoms with E-state index in [0.29, 0.717) is 30.8 Å². The van der Waals surface area contributed by atoms with Crippen LogP contribution in [0.2, 0.25) is 0 Å². The van der Waals surface area contributed by atoms with E-state index in [4.69, 9.17) is 4.42 Å². The summed E-state index contributed by atoms with van der Waals surface area (Å²) < 4.78 is 42.9. The molecule has 20 heavy (non-hydrogen) atoms. The van der Waals surface area contributed by atoms with Crippen molar-refractivity contribution in [3.05, 3.63) is 41.3 Å². The van der Waals surface area contributed by atoms with Gasteiger partial charge in [-0.2, -0.15) is 13.2 Å². The van der Waals surface area contributed by atoms with E-state index in [2.05, 4.69) is 15.5 Å². The van der Waals surface area contributed by atoms with E-state index in [1.807, 2.05) is 6.92 Å². The summed E-state index contributed by atoms with van der Waals surface area (Å²) in [5.41, 5.74) is -0.0383. The van der Waals surface area contributed by atoms with Crippen LogP contribution in [0, 0.1) is 0 Å². The van der Waals surface area contributed by atoms with Gasteiger partial charge in [0, 0.05) is 13.0 Å². The number of alkyl halides is 3. The molecule has 0 saturated heterocycles. The molecule has 4 nitrogen and oxygen atoms in total. The summed E-state index contributed by atoms with van der Waals surface area (Å²) in [4.78, 5) is 0. The summed E-state index contributed by atoms with van der Waals surface area (Å²) >= 11 is 0. The Morgan fingerprint density at radius 3 is 2.70 bits per heavy atom. The molecule has 1 aromatic carbocycles. The maximum atomic E-state index is 12.5. The minimum atomic E-state index is -4.31. The van der Waals surface area contributed by atoms with Crippen LogP contribution in [-0.4, -0.2) is 16.7 Å². The number of nitrogens with zero attached hydrogens (tertiary/aromatic N) is 2. The Kier molecular flexibility index (Phi) is 4.26. The molecule has 0 atom stereocenters. The van der Waals surface area contributed by atoms with Gasteiger partial charge in [-0.25, -0.2) is 0 Å². The molecule has 0 spiro atoms. The Balaban J connectivity index is 1.91. The smallest absolute Gasteiger partial charge is 0.408 e. The van der Waals surface area contributed by atoms with Gasteiger partial charge in [0.15, 0.2) is 0 Å². The van der Waals surface area contributed by atoms with Gasteiger partial charge in [0.05, 0.1) is 5.56 Å². The topological polar surface area (TPSA) is 51.0 Å². The lowest BCUT2D eigenvalue weighted by Gasteiger charge is -2.08. The molecule has 0 radical (unpaired) electrons. The van der Waals surface area contributed by atoms with Crippen molar-refractivity contribution in [3.8, 4) is 0 Å². The quantitative estimate of drug-likeness (QED) is 0.915. The molecule has 0 aliphatic heterocycles. The SMILES string of the molecule is CCc1nnc(NCCc2cccc(C(F)(F)F)c2)o1. The highest BCUT2D eigenvalue weighted by Crippen LogP contribution is 2.29. The molecule has 0 fully saturated rings. The predicted molar refractivity (Wildman–Crippen MR) is 67.3 cm³/mol. The molecule has 1 N–H and O–H groups in total. The molecule has 0 unspecified atom stereocenters. The van der Waals surface area contributed by atoms with Gasteiger partial charge in [0.25, 0.3) is 0 Å². The zero-order valence-corrected chi connectivity index (χ0v) is 10.9. The monoisotopic (exact) mass is 285 g/mol. The molecule has 0 aliphatic carbocycles. The van der Waals surface area contributed by atoms with Crippen LogP contribution in [0.25, 0.3) is 0 Å². The maximum Gasteiger partial charge on any atom is 0.416 e. The molecule has 2 rings (SSSR count). The number of benzene rings is 1. The van der Waals surface area contributed by atoms with E-state index >= 15 is 0 Å². The highest BCUT2D eigenvalue weighted by Gasteiger charge is 2.30. The van der Waals surface area contributed by atoms with Crippen LogP contribution in [0.3, 0.4) is 0 Å². The summed E-state index contributed by atoms with van der Waals surface area (Å²) in [5.74, 6) is 0.520. The molecule has 108 valence electrons. The lowest BCUT2D eigenvalue weighted by atomic mass is 10.1. The second-order valence-corrected chi connectivity index (χ2v) is 4.23. The Morgan fingerprint density at radius 1 is 1.25 bits per heavy atom. The summed E-state index contributed by atoms with van der Waals surface area (Å²) in [6.07, 6.45) is -3.23. The van der Waals surface area contributed by atoms with Gasteiger partial charge in [0.1, 0.15) is 0 Å². The Bertz CT molecular complexity index is 566. The fraction of sp³-hybridized carbons (Fsp3) is 0.385. The van der Waals surface area contributed by atoms with Crippen molar-refractivity contribution in [1.29, 1.82) is 0 Å². The lowest BCUT2D eigenvalue weighted by Crippen LogP contribution is -2.08. The average molecular weight is 285 g/mol. The Labute approximate surface area is 114 Å². The fourth-order valence-corrected chi connectivity index (χ4v) is 1.68. The molecule has 1 aromatic heterocycles. The first kappa shape index (κ1) is 14.4. The third-order valence-corrected chi connectivity index (χ3v) is 2.71. The summed E-state index contributed by atoms with van der Waals surface area (Å²) in [7, 11) is 0. The molecule has 0 saturated carbocycles. The highest BCUT2D eigenvalue weighted by molar-refractivity contribution is 5.27. The molecular formula is C13H14F3N3O. The highest BCUT2D eigenvalue weighted by atomic mass is 19.4. The van der Waals surface area contributed by atoms with Crippen LogP contribution in [0.15, 0.2) is 28.7 Å². The van der Waals surface area contributed by atoms with Crippen LogP contribution >= 0.6 is 0 Å². The van der Waals surface area contributed by atoms with Crippen LogP contribution in [-0.2, 0) is 19.0 Å². The van der Waals surface area contributed by atoms with Crippen LogP contribution in [0.4, 0.5) is 19.2 Å². The summed E-state index contributed by atoms with van der Waals surface area (Å²) in [6, 6.07) is 5.55. The van der Waals surface area contributed by atoms with E-state index in [1.165, 1.54) is 6.07 Å². The number of nitrogens with one attached hydrogen (secondary N) is 1. The first-order chi connectivity index (χ1) is 9.49. The van der Waals surface area contributed by atoms with Crippen molar-refractivity contribution < 1.29 is 17.6 Å². The zero-order valence-electron chi connectivity index (χ0n) is 10.9. The summed E-state index contributed by atoms with van der Waals surface area (Å²) in [6.45, 7) is 2.31. The van der Waals surface area contributed by atoms with Crippen molar-refractivity contribution >= 4 is 6.01 Å². The van der Waals surface area contributed by atoms with Crippen LogP contribution in [0.1, 0.15) is 23.9 Å². The zero-order chi connectivity index (χ0) is 14.6. The standard InChI is InChI=1S/C13H14F3N3O/c1-2-11-18-19-12(20-11)17-7-6-9-4-3-5-10(8-9)13(14,15)16/h3-5,8H,2,6-7H2,1H3,(H,17,19). The van der Waals surface area contributed by atoms with E-state index in [0.717, 1.165) is 12.1 Å². The molecule has 1 heterocycles. The van der Waals surface area contributed by atoms with Gasteiger partial charge in [0.2, 0.25) is 5.89 Å². The Hall–Kier alpha value is -2.05. The van der Waals surface area contributed by atoms with Gasteiger partial charge in [-0.05, 0) is 18.1 Å². The lowest BCUT2D eigenvalue weighted by molar-refractivity contribution is -0.137.